The SMILES string of the molecule is CC(CC(F)(F)F)Nc1ccc2c(C(=O)O)cccc2n1. The smallest absolute Gasteiger partial charge is 0.391 e. The number of nitrogens with one attached hydrogen (secondary N) is 1. The molecule has 2 N–H and O–H groups in total. The third-order valence-corrected chi connectivity index (χ3v) is 2.89. The van der Waals surface area contributed by atoms with E-state index >= 15 is 0 Å². The predicted molar refractivity (Wildman–Crippen MR) is 72.5 cm³/mol. The van der Waals surface area contributed by atoms with E-state index in [0.717, 1.165) is 0 Å². The number of aromatic nitrogens is 1. The van der Waals surface area contributed by atoms with E-state index in [1.807, 2.05) is 0 Å². The molecule has 0 aliphatic carbocycles. The van der Waals surface area contributed by atoms with E-state index in [9.17, 15) is 18.0 Å². The van der Waals surface area contributed by atoms with Crippen LogP contribution in [0.4, 0.5) is 19.0 Å². The summed E-state index contributed by atoms with van der Waals surface area (Å²) in [5.41, 5.74) is 0.522. The molecule has 7 heteroatoms. The van der Waals surface area contributed by atoms with Gasteiger partial charge in [0.1, 0.15) is 5.82 Å². The van der Waals surface area contributed by atoms with E-state index in [0.29, 0.717) is 10.9 Å². The van der Waals surface area contributed by atoms with E-state index in [4.69, 9.17) is 5.11 Å². The Balaban J connectivity index is 2.26. The first-order chi connectivity index (χ1) is 9.76. The van der Waals surface area contributed by atoms with Crippen molar-refractivity contribution in [1.82, 2.24) is 4.98 Å². The van der Waals surface area contributed by atoms with E-state index in [-0.39, 0.29) is 11.4 Å². The maximum Gasteiger partial charge on any atom is 0.391 e. The molecule has 4 nitrogen and oxygen atoms in total. The Bertz CT molecular complexity index is 671. The second-order valence-corrected chi connectivity index (χ2v) is 4.74. The van der Waals surface area contributed by atoms with Gasteiger partial charge in [-0.05, 0) is 31.2 Å². The van der Waals surface area contributed by atoms with Crippen molar-refractivity contribution in [3.63, 3.8) is 0 Å². The van der Waals surface area contributed by atoms with Crippen molar-refractivity contribution < 1.29 is 23.1 Å². The summed E-state index contributed by atoms with van der Waals surface area (Å²) in [6.07, 6.45) is -5.22. The van der Waals surface area contributed by atoms with E-state index in [1.165, 1.54) is 25.1 Å². The van der Waals surface area contributed by atoms with Gasteiger partial charge in [0.2, 0.25) is 0 Å². The van der Waals surface area contributed by atoms with E-state index in [1.54, 1.807) is 12.1 Å². The highest BCUT2D eigenvalue weighted by molar-refractivity contribution is 6.02. The second kappa shape index (κ2) is 5.59. The minimum atomic E-state index is -4.25. The lowest BCUT2D eigenvalue weighted by atomic mass is 10.1. The number of carbonyl (C=O) groups is 1. The normalized spacial score (nSPS) is 13.1. The number of benzene rings is 1. The Morgan fingerprint density at radius 3 is 2.67 bits per heavy atom. The lowest BCUT2D eigenvalue weighted by molar-refractivity contribution is -0.136. The maximum absolute atomic E-state index is 12.3. The van der Waals surface area contributed by atoms with Gasteiger partial charge in [-0.2, -0.15) is 13.2 Å². The number of nitrogens with zero attached hydrogens (tertiary/aromatic N) is 1. The summed E-state index contributed by atoms with van der Waals surface area (Å²) in [4.78, 5) is 15.2. The maximum atomic E-state index is 12.3. The molecular formula is C14H13F3N2O2. The highest BCUT2D eigenvalue weighted by Crippen LogP contribution is 2.24. The summed E-state index contributed by atoms with van der Waals surface area (Å²) in [6.45, 7) is 1.41. The zero-order valence-corrected chi connectivity index (χ0v) is 11.1. The molecule has 2 rings (SSSR count). The monoisotopic (exact) mass is 298 g/mol. The molecule has 2 aromatic rings. The average molecular weight is 298 g/mol. The van der Waals surface area contributed by atoms with Crippen LogP contribution in [0.1, 0.15) is 23.7 Å². The first-order valence-corrected chi connectivity index (χ1v) is 6.22. The van der Waals surface area contributed by atoms with Gasteiger partial charge in [-0.15, -0.1) is 0 Å². The molecule has 1 heterocycles. The summed E-state index contributed by atoms with van der Waals surface area (Å²) in [6, 6.07) is 6.79. The fraction of sp³-hybridized carbons (Fsp3) is 0.286. The van der Waals surface area contributed by atoms with Crippen LogP contribution < -0.4 is 5.32 Å². The first-order valence-electron chi connectivity index (χ1n) is 6.22. The number of hydrogen-bond acceptors (Lipinski definition) is 3. The van der Waals surface area contributed by atoms with Gasteiger partial charge in [0.15, 0.2) is 0 Å². The number of anilines is 1. The van der Waals surface area contributed by atoms with Gasteiger partial charge >= 0.3 is 12.1 Å². The van der Waals surface area contributed by atoms with Crippen LogP contribution in [0, 0.1) is 0 Å². The zero-order valence-electron chi connectivity index (χ0n) is 11.1. The lowest BCUT2D eigenvalue weighted by Gasteiger charge is -2.16. The van der Waals surface area contributed by atoms with Crippen LogP contribution in [0.2, 0.25) is 0 Å². The Hall–Kier alpha value is -2.31. The van der Waals surface area contributed by atoms with Crippen molar-refractivity contribution >= 4 is 22.7 Å². The Labute approximate surface area is 118 Å². The summed E-state index contributed by atoms with van der Waals surface area (Å²) in [7, 11) is 0. The number of rotatable bonds is 4. The Morgan fingerprint density at radius 1 is 1.33 bits per heavy atom. The molecule has 0 radical (unpaired) electrons. The molecule has 0 spiro atoms. The van der Waals surface area contributed by atoms with Crippen molar-refractivity contribution in [2.75, 3.05) is 5.32 Å². The molecule has 1 aromatic heterocycles. The number of hydrogen-bond donors (Lipinski definition) is 2. The summed E-state index contributed by atoms with van der Waals surface area (Å²) >= 11 is 0. The number of carboxylic acid groups (broad SMARTS) is 1. The third-order valence-electron chi connectivity index (χ3n) is 2.89. The number of fused-ring (bicyclic) bond motifs is 1. The molecule has 0 fully saturated rings. The molecule has 1 unspecified atom stereocenters. The fourth-order valence-corrected chi connectivity index (χ4v) is 2.07. The number of halogens is 3. The van der Waals surface area contributed by atoms with Crippen LogP contribution in [-0.2, 0) is 0 Å². The fourth-order valence-electron chi connectivity index (χ4n) is 2.07. The van der Waals surface area contributed by atoms with Crippen LogP contribution in [0.15, 0.2) is 30.3 Å². The van der Waals surface area contributed by atoms with Crippen LogP contribution in [0.3, 0.4) is 0 Å². The molecule has 1 aromatic carbocycles. The first kappa shape index (κ1) is 15.1. The molecule has 0 saturated carbocycles. The van der Waals surface area contributed by atoms with Gasteiger partial charge in [-0.3, -0.25) is 0 Å². The quantitative estimate of drug-likeness (QED) is 0.903. The summed E-state index contributed by atoms with van der Waals surface area (Å²) < 4.78 is 36.8. The third kappa shape index (κ3) is 3.84. The van der Waals surface area contributed by atoms with Crippen molar-refractivity contribution in [1.29, 1.82) is 0 Å². The summed E-state index contributed by atoms with van der Waals surface area (Å²) in [5.74, 6) is -0.796. The lowest BCUT2D eigenvalue weighted by Crippen LogP contribution is -2.24. The van der Waals surface area contributed by atoms with Crippen LogP contribution in [0.5, 0.6) is 0 Å². The number of carboxylic acids is 1. The largest absolute Gasteiger partial charge is 0.478 e. The highest BCUT2D eigenvalue weighted by atomic mass is 19.4. The standard InChI is InChI=1S/C14H13F3N2O2/c1-8(7-14(15,16)17)18-12-6-5-9-10(13(20)21)3-2-4-11(9)19-12/h2-6,8H,7H2,1H3,(H,18,19)(H,20,21). The van der Waals surface area contributed by atoms with Gasteiger partial charge in [0, 0.05) is 11.4 Å². The van der Waals surface area contributed by atoms with Gasteiger partial charge in [-0.25, -0.2) is 9.78 Å². The number of pyridine rings is 1. The molecular weight excluding hydrogens is 285 g/mol. The molecule has 21 heavy (non-hydrogen) atoms. The van der Waals surface area contributed by atoms with Gasteiger partial charge in [0.25, 0.3) is 0 Å². The van der Waals surface area contributed by atoms with Crippen molar-refractivity contribution in [3.05, 3.63) is 35.9 Å². The molecule has 0 saturated heterocycles. The van der Waals surface area contributed by atoms with Crippen LogP contribution in [-0.4, -0.2) is 28.3 Å². The van der Waals surface area contributed by atoms with Crippen LogP contribution >= 0.6 is 0 Å². The molecule has 0 aliphatic heterocycles. The minimum Gasteiger partial charge on any atom is -0.478 e. The zero-order chi connectivity index (χ0) is 15.6. The van der Waals surface area contributed by atoms with E-state index in [2.05, 4.69) is 10.3 Å². The molecule has 0 aliphatic rings. The van der Waals surface area contributed by atoms with Gasteiger partial charge in [0.05, 0.1) is 17.5 Å². The second-order valence-electron chi connectivity index (χ2n) is 4.74. The molecule has 0 amide bonds. The molecule has 112 valence electrons. The number of aromatic carboxylic acids is 1. The van der Waals surface area contributed by atoms with Gasteiger partial charge in [-0.1, -0.05) is 6.07 Å². The van der Waals surface area contributed by atoms with Crippen molar-refractivity contribution in [3.8, 4) is 0 Å². The highest BCUT2D eigenvalue weighted by Gasteiger charge is 2.30. The Kier molecular flexibility index (Phi) is 4.02. The summed E-state index contributed by atoms with van der Waals surface area (Å²) in [5, 5.41) is 12.2. The van der Waals surface area contributed by atoms with Crippen molar-refractivity contribution in [2.24, 2.45) is 0 Å². The minimum absolute atomic E-state index is 0.106. The van der Waals surface area contributed by atoms with Crippen LogP contribution in [0.25, 0.3) is 10.9 Å². The average Bonchev–Trinajstić information content (AvgIpc) is 2.35. The van der Waals surface area contributed by atoms with Gasteiger partial charge < -0.3 is 10.4 Å². The van der Waals surface area contributed by atoms with E-state index < -0.39 is 24.6 Å². The molecule has 0 bridgehead atoms. The molecule has 1 atom stereocenters. The predicted octanol–water partition coefficient (Wildman–Crippen LogP) is 3.69. The van der Waals surface area contributed by atoms with Crippen molar-refractivity contribution in [2.45, 2.75) is 25.6 Å². The number of alkyl halides is 3. The topological polar surface area (TPSA) is 62.2 Å². The Morgan fingerprint density at radius 2 is 2.05 bits per heavy atom.